The molecule has 0 aliphatic heterocycles. The van der Waals surface area contributed by atoms with Crippen LogP contribution in [-0.4, -0.2) is 4.98 Å². The Kier molecular flexibility index (Phi) is 3.27. The second-order valence-electron chi connectivity index (χ2n) is 3.75. The highest BCUT2D eigenvalue weighted by Crippen LogP contribution is 2.36. The van der Waals surface area contributed by atoms with Crippen molar-refractivity contribution in [3.63, 3.8) is 0 Å². The molecule has 1 heterocycles. The fourth-order valence-electron chi connectivity index (χ4n) is 1.45. The summed E-state index contributed by atoms with van der Waals surface area (Å²) in [6.07, 6.45) is -1.85. The highest BCUT2D eigenvalue weighted by atomic mass is 19.4. The second kappa shape index (κ2) is 4.72. The van der Waals surface area contributed by atoms with E-state index in [4.69, 9.17) is 9.15 Å². The third-order valence-corrected chi connectivity index (χ3v) is 2.30. The van der Waals surface area contributed by atoms with Gasteiger partial charge in [0.1, 0.15) is 12.4 Å². The number of hydrogen-bond acceptors (Lipinski definition) is 3. The molecule has 1 aromatic heterocycles. The molecule has 6 heteroatoms. The van der Waals surface area contributed by atoms with Crippen molar-refractivity contribution in [2.45, 2.75) is 19.7 Å². The Morgan fingerprint density at radius 1 is 1.33 bits per heavy atom. The van der Waals surface area contributed by atoms with Crippen molar-refractivity contribution in [1.29, 1.82) is 0 Å². The average Bonchev–Trinajstić information content (AvgIpc) is 2.77. The van der Waals surface area contributed by atoms with E-state index in [2.05, 4.69) is 4.98 Å². The molecule has 0 bridgehead atoms. The Morgan fingerprint density at radius 3 is 2.72 bits per heavy atom. The van der Waals surface area contributed by atoms with Gasteiger partial charge in [0.15, 0.2) is 12.2 Å². The molecule has 2 rings (SSSR count). The van der Waals surface area contributed by atoms with Gasteiger partial charge in [0.05, 0.1) is 11.8 Å². The quantitative estimate of drug-likeness (QED) is 0.843. The van der Waals surface area contributed by atoms with Crippen molar-refractivity contribution in [3.05, 3.63) is 47.7 Å². The van der Waals surface area contributed by atoms with Crippen LogP contribution in [0.25, 0.3) is 0 Å². The molecule has 96 valence electrons. The SMILES string of the molecule is Cc1ccc(C(F)(F)F)c(OCc2cnco2)c1. The lowest BCUT2D eigenvalue weighted by Gasteiger charge is -2.13. The molecule has 0 aliphatic rings. The Morgan fingerprint density at radius 2 is 2.11 bits per heavy atom. The van der Waals surface area contributed by atoms with Gasteiger partial charge in [0.2, 0.25) is 0 Å². The molecule has 0 saturated carbocycles. The van der Waals surface area contributed by atoms with Crippen molar-refractivity contribution >= 4 is 0 Å². The molecule has 2 aromatic rings. The molecule has 0 N–H and O–H groups in total. The first-order valence-corrected chi connectivity index (χ1v) is 5.15. The van der Waals surface area contributed by atoms with Gasteiger partial charge in [0.25, 0.3) is 0 Å². The molecule has 0 amide bonds. The zero-order valence-corrected chi connectivity index (χ0v) is 9.49. The monoisotopic (exact) mass is 257 g/mol. The Labute approximate surface area is 101 Å². The van der Waals surface area contributed by atoms with Crippen LogP contribution in [0.3, 0.4) is 0 Å². The summed E-state index contributed by atoms with van der Waals surface area (Å²) in [5, 5.41) is 0. The highest BCUT2D eigenvalue weighted by Gasteiger charge is 2.34. The van der Waals surface area contributed by atoms with Crippen molar-refractivity contribution in [2.75, 3.05) is 0 Å². The molecule has 0 unspecified atom stereocenters. The topological polar surface area (TPSA) is 35.3 Å². The average molecular weight is 257 g/mol. The zero-order valence-electron chi connectivity index (χ0n) is 9.49. The highest BCUT2D eigenvalue weighted by molar-refractivity contribution is 5.39. The molecule has 0 aliphatic carbocycles. The maximum atomic E-state index is 12.7. The molecule has 0 atom stereocenters. The smallest absolute Gasteiger partial charge is 0.419 e. The van der Waals surface area contributed by atoms with Crippen LogP contribution in [0.4, 0.5) is 13.2 Å². The number of hydrogen-bond donors (Lipinski definition) is 0. The van der Waals surface area contributed by atoms with Gasteiger partial charge in [-0.1, -0.05) is 6.07 Å². The van der Waals surface area contributed by atoms with Crippen LogP contribution >= 0.6 is 0 Å². The first-order valence-electron chi connectivity index (χ1n) is 5.15. The number of ether oxygens (including phenoxy) is 1. The fourth-order valence-corrected chi connectivity index (χ4v) is 1.45. The van der Waals surface area contributed by atoms with E-state index in [0.717, 1.165) is 6.07 Å². The Hall–Kier alpha value is -1.98. The third kappa shape index (κ3) is 2.82. The normalized spacial score (nSPS) is 11.6. The summed E-state index contributed by atoms with van der Waals surface area (Å²) >= 11 is 0. The fraction of sp³-hybridized carbons (Fsp3) is 0.250. The largest absolute Gasteiger partial charge is 0.485 e. The predicted molar refractivity (Wildman–Crippen MR) is 57.0 cm³/mol. The van der Waals surface area contributed by atoms with Crippen LogP contribution < -0.4 is 4.74 Å². The Bertz CT molecular complexity index is 521. The van der Waals surface area contributed by atoms with E-state index in [9.17, 15) is 13.2 Å². The summed E-state index contributed by atoms with van der Waals surface area (Å²) in [5.74, 6) is 0.156. The summed E-state index contributed by atoms with van der Waals surface area (Å²) in [6, 6.07) is 3.74. The number of aromatic nitrogens is 1. The number of aryl methyl sites for hydroxylation is 1. The van der Waals surface area contributed by atoms with Crippen molar-refractivity contribution < 1.29 is 22.3 Å². The maximum Gasteiger partial charge on any atom is 0.419 e. The van der Waals surface area contributed by atoms with Gasteiger partial charge in [-0.05, 0) is 24.6 Å². The van der Waals surface area contributed by atoms with Crippen LogP contribution in [0.5, 0.6) is 5.75 Å². The van der Waals surface area contributed by atoms with E-state index in [-0.39, 0.29) is 12.4 Å². The third-order valence-electron chi connectivity index (χ3n) is 2.30. The van der Waals surface area contributed by atoms with Gasteiger partial charge in [-0.25, -0.2) is 4.98 Å². The van der Waals surface area contributed by atoms with Crippen LogP contribution in [0.1, 0.15) is 16.9 Å². The maximum absolute atomic E-state index is 12.7. The van der Waals surface area contributed by atoms with E-state index < -0.39 is 11.7 Å². The summed E-state index contributed by atoms with van der Waals surface area (Å²) < 4.78 is 48.2. The second-order valence-corrected chi connectivity index (χ2v) is 3.75. The molecule has 18 heavy (non-hydrogen) atoms. The summed E-state index contributed by atoms with van der Waals surface area (Å²) in [6.45, 7) is 1.61. The molecule has 1 aromatic carbocycles. The number of benzene rings is 1. The van der Waals surface area contributed by atoms with E-state index in [1.807, 2.05) is 0 Å². The van der Waals surface area contributed by atoms with Crippen molar-refractivity contribution in [2.24, 2.45) is 0 Å². The minimum absolute atomic E-state index is 0.0907. The zero-order chi connectivity index (χ0) is 13.2. The number of alkyl halides is 3. The van der Waals surface area contributed by atoms with E-state index in [1.54, 1.807) is 6.92 Å². The molecular formula is C12H10F3NO2. The standard InChI is InChI=1S/C12H10F3NO2/c1-8-2-3-10(12(13,14)15)11(4-8)17-6-9-5-16-7-18-9/h2-5,7H,6H2,1H3. The van der Waals surface area contributed by atoms with Crippen LogP contribution in [0, 0.1) is 6.92 Å². The van der Waals surface area contributed by atoms with Gasteiger partial charge in [-0.3, -0.25) is 0 Å². The van der Waals surface area contributed by atoms with Gasteiger partial charge in [-0.15, -0.1) is 0 Å². The molecule has 0 spiro atoms. The van der Waals surface area contributed by atoms with Gasteiger partial charge >= 0.3 is 6.18 Å². The van der Waals surface area contributed by atoms with E-state index in [0.29, 0.717) is 11.3 Å². The van der Waals surface area contributed by atoms with Crippen molar-refractivity contribution in [1.82, 2.24) is 4.98 Å². The van der Waals surface area contributed by atoms with Gasteiger partial charge < -0.3 is 9.15 Å². The first-order chi connectivity index (χ1) is 8.47. The number of oxazole rings is 1. The molecule has 0 saturated heterocycles. The molecule has 0 fully saturated rings. The number of halogens is 3. The molecule has 0 radical (unpaired) electrons. The number of nitrogens with zero attached hydrogens (tertiary/aromatic N) is 1. The summed E-state index contributed by atoms with van der Waals surface area (Å²) in [4.78, 5) is 3.65. The van der Waals surface area contributed by atoms with Gasteiger partial charge in [0, 0.05) is 0 Å². The summed E-state index contributed by atoms with van der Waals surface area (Å²) in [5.41, 5.74) is -0.108. The predicted octanol–water partition coefficient (Wildman–Crippen LogP) is 3.58. The molecule has 3 nitrogen and oxygen atoms in total. The minimum atomic E-state index is -4.44. The lowest BCUT2D eigenvalue weighted by Crippen LogP contribution is -2.08. The van der Waals surface area contributed by atoms with E-state index >= 15 is 0 Å². The lowest BCUT2D eigenvalue weighted by molar-refractivity contribution is -0.139. The minimum Gasteiger partial charge on any atom is -0.485 e. The number of rotatable bonds is 3. The van der Waals surface area contributed by atoms with E-state index in [1.165, 1.54) is 24.7 Å². The summed E-state index contributed by atoms with van der Waals surface area (Å²) in [7, 11) is 0. The molecular weight excluding hydrogens is 247 g/mol. The van der Waals surface area contributed by atoms with Crippen molar-refractivity contribution in [3.8, 4) is 5.75 Å². The van der Waals surface area contributed by atoms with Crippen LogP contribution in [0.15, 0.2) is 35.2 Å². The van der Waals surface area contributed by atoms with Crippen LogP contribution in [0.2, 0.25) is 0 Å². The first kappa shape index (κ1) is 12.5. The van der Waals surface area contributed by atoms with Crippen LogP contribution in [-0.2, 0) is 12.8 Å². The lowest BCUT2D eigenvalue weighted by atomic mass is 10.1. The Balaban J connectivity index is 2.23. The van der Waals surface area contributed by atoms with Gasteiger partial charge in [-0.2, -0.15) is 13.2 Å².